The Morgan fingerprint density at radius 3 is 2.96 bits per heavy atom. The van der Waals surface area contributed by atoms with Crippen molar-refractivity contribution in [2.75, 3.05) is 26.8 Å². The van der Waals surface area contributed by atoms with Gasteiger partial charge in [-0.2, -0.15) is 0 Å². The van der Waals surface area contributed by atoms with Crippen LogP contribution in [0.1, 0.15) is 48.0 Å². The lowest BCUT2D eigenvalue weighted by molar-refractivity contribution is -0.0352. The number of pyridine rings is 1. The monoisotopic (exact) mass is 332 g/mol. The van der Waals surface area contributed by atoms with Gasteiger partial charge in [0.2, 0.25) is 17.7 Å². The quantitative estimate of drug-likeness (QED) is 0.843. The molecule has 3 heterocycles. The summed E-state index contributed by atoms with van der Waals surface area (Å²) in [5.41, 5.74) is 0.425. The Kier molecular flexibility index (Phi) is 4.75. The normalized spacial score (nSPS) is 18.0. The molecule has 0 bridgehead atoms. The molecule has 0 saturated carbocycles. The van der Waals surface area contributed by atoms with Crippen LogP contribution in [-0.2, 0) is 4.74 Å². The van der Waals surface area contributed by atoms with Crippen molar-refractivity contribution >= 4 is 5.91 Å². The smallest absolute Gasteiger partial charge is 0.259 e. The van der Waals surface area contributed by atoms with Crippen molar-refractivity contribution < 1.29 is 18.7 Å². The van der Waals surface area contributed by atoms with Gasteiger partial charge in [-0.25, -0.2) is 4.98 Å². The summed E-state index contributed by atoms with van der Waals surface area (Å²) in [4.78, 5) is 18.5. The molecule has 0 N–H and O–H groups in total. The molecule has 1 aliphatic heterocycles. The highest BCUT2D eigenvalue weighted by atomic mass is 16.5. The van der Waals surface area contributed by atoms with Crippen LogP contribution < -0.4 is 4.74 Å². The number of hydrogen-bond donors (Lipinski definition) is 0. The van der Waals surface area contributed by atoms with Crippen LogP contribution in [0.2, 0.25) is 0 Å². The van der Waals surface area contributed by atoms with E-state index in [0.29, 0.717) is 42.9 Å². The molecular formula is C16H20N4O4. The predicted molar refractivity (Wildman–Crippen MR) is 83.8 cm³/mol. The molecule has 0 aromatic carbocycles. The van der Waals surface area contributed by atoms with Crippen molar-refractivity contribution in [2.45, 2.75) is 25.9 Å². The maximum absolute atomic E-state index is 12.8. The van der Waals surface area contributed by atoms with E-state index in [2.05, 4.69) is 15.2 Å². The maximum Gasteiger partial charge on any atom is 0.259 e. The van der Waals surface area contributed by atoms with Gasteiger partial charge in [-0.1, -0.05) is 13.8 Å². The first-order chi connectivity index (χ1) is 11.6. The lowest BCUT2D eigenvalue weighted by Gasteiger charge is -2.31. The largest absolute Gasteiger partial charge is 0.480 e. The molecule has 2 aromatic heterocycles. The Morgan fingerprint density at radius 1 is 1.42 bits per heavy atom. The fraction of sp³-hybridized carbons (Fsp3) is 0.500. The van der Waals surface area contributed by atoms with Crippen LogP contribution in [0.25, 0.3) is 0 Å². The number of nitrogens with zero attached hydrogens (tertiary/aromatic N) is 4. The molecule has 2 aromatic rings. The number of carbonyl (C=O) groups is 1. The number of carbonyl (C=O) groups excluding carboxylic acids is 1. The molecule has 8 heteroatoms. The van der Waals surface area contributed by atoms with Crippen molar-refractivity contribution in [1.82, 2.24) is 20.1 Å². The molecule has 8 nitrogen and oxygen atoms in total. The van der Waals surface area contributed by atoms with Crippen LogP contribution in [-0.4, -0.2) is 52.8 Å². The summed E-state index contributed by atoms with van der Waals surface area (Å²) in [6.07, 6.45) is 1.16. The predicted octanol–water partition coefficient (Wildman–Crippen LogP) is 1.81. The highest BCUT2D eigenvalue weighted by molar-refractivity contribution is 5.96. The van der Waals surface area contributed by atoms with Gasteiger partial charge >= 0.3 is 0 Å². The summed E-state index contributed by atoms with van der Waals surface area (Å²) >= 11 is 0. The average molecular weight is 332 g/mol. The number of ether oxygens (including phenoxy) is 2. The minimum atomic E-state index is -0.426. The van der Waals surface area contributed by atoms with Crippen LogP contribution in [0.4, 0.5) is 0 Å². The molecule has 1 amide bonds. The van der Waals surface area contributed by atoms with Crippen molar-refractivity contribution in [3.05, 3.63) is 35.7 Å². The van der Waals surface area contributed by atoms with Gasteiger partial charge in [0.05, 0.1) is 20.3 Å². The number of aromatic nitrogens is 3. The first-order valence-electron chi connectivity index (χ1n) is 7.83. The van der Waals surface area contributed by atoms with E-state index in [-0.39, 0.29) is 11.8 Å². The van der Waals surface area contributed by atoms with Crippen LogP contribution in [0, 0.1) is 0 Å². The van der Waals surface area contributed by atoms with Crippen molar-refractivity contribution in [3.63, 3.8) is 0 Å². The number of morpholine rings is 1. The average Bonchev–Trinajstić information content (AvgIpc) is 3.11. The van der Waals surface area contributed by atoms with E-state index in [4.69, 9.17) is 13.9 Å². The second-order valence-corrected chi connectivity index (χ2v) is 5.80. The summed E-state index contributed by atoms with van der Waals surface area (Å²) in [5, 5.41) is 8.06. The second-order valence-electron chi connectivity index (χ2n) is 5.80. The molecule has 1 aliphatic rings. The van der Waals surface area contributed by atoms with Crippen molar-refractivity contribution in [3.8, 4) is 5.88 Å². The Hall–Kier alpha value is -2.48. The minimum absolute atomic E-state index is 0.146. The van der Waals surface area contributed by atoms with E-state index >= 15 is 0 Å². The van der Waals surface area contributed by atoms with Crippen molar-refractivity contribution in [2.24, 2.45) is 0 Å². The minimum Gasteiger partial charge on any atom is -0.480 e. The lowest BCUT2D eigenvalue weighted by atomic mass is 10.2. The van der Waals surface area contributed by atoms with Crippen LogP contribution in [0.5, 0.6) is 5.88 Å². The summed E-state index contributed by atoms with van der Waals surface area (Å²) in [6, 6.07) is 3.41. The number of amides is 1. The van der Waals surface area contributed by atoms with Gasteiger partial charge in [0, 0.05) is 18.7 Å². The third-order valence-corrected chi connectivity index (χ3v) is 3.77. The summed E-state index contributed by atoms with van der Waals surface area (Å²) in [7, 11) is 1.49. The Morgan fingerprint density at radius 2 is 2.25 bits per heavy atom. The molecule has 0 spiro atoms. The third-order valence-electron chi connectivity index (χ3n) is 3.77. The third kappa shape index (κ3) is 3.23. The van der Waals surface area contributed by atoms with Gasteiger partial charge in [-0.3, -0.25) is 4.79 Å². The van der Waals surface area contributed by atoms with E-state index in [1.165, 1.54) is 7.11 Å². The molecule has 1 saturated heterocycles. The van der Waals surface area contributed by atoms with Crippen LogP contribution in [0.3, 0.4) is 0 Å². The zero-order valence-corrected chi connectivity index (χ0v) is 13.9. The molecule has 0 radical (unpaired) electrons. The van der Waals surface area contributed by atoms with E-state index in [9.17, 15) is 4.79 Å². The molecule has 3 rings (SSSR count). The zero-order valence-electron chi connectivity index (χ0n) is 13.9. The van der Waals surface area contributed by atoms with Crippen LogP contribution in [0.15, 0.2) is 22.7 Å². The highest BCUT2D eigenvalue weighted by Gasteiger charge is 2.31. The Labute approximate surface area is 139 Å². The fourth-order valence-electron chi connectivity index (χ4n) is 2.48. The molecule has 128 valence electrons. The molecular weight excluding hydrogens is 312 g/mol. The van der Waals surface area contributed by atoms with Gasteiger partial charge in [0.15, 0.2) is 6.10 Å². The summed E-state index contributed by atoms with van der Waals surface area (Å²) in [5.74, 6) is 1.26. The molecule has 0 aliphatic carbocycles. The first kappa shape index (κ1) is 16.4. The summed E-state index contributed by atoms with van der Waals surface area (Å²) < 4.78 is 16.5. The summed E-state index contributed by atoms with van der Waals surface area (Å²) in [6.45, 7) is 5.18. The number of methoxy groups -OCH3 is 1. The van der Waals surface area contributed by atoms with Crippen molar-refractivity contribution in [1.29, 1.82) is 0 Å². The maximum atomic E-state index is 12.8. The molecule has 1 atom stereocenters. The van der Waals surface area contributed by atoms with E-state index in [1.807, 2.05) is 13.8 Å². The van der Waals surface area contributed by atoms with E-state index in [0.717, 1.165) is 0 Å². The Balaban J connectivity index is 1.76. The van der Waals surface area contributed by atoms with E-state index < -0.39 is 6.10 Å². The van der Waals surface area contributed by atoms with E-state index in [1.54, 1.807) is 23.2 Å². The Bertz CT molecular complexity index is 716. The zero-order chi connectivity index (χ0) is 17.1. The van der Waals surface area contributed by atoms with Gasteiger partial charge < -0.3 is 18.8 Å². The first-order valence-corrected chi connectivity index (χ1v) is 7.83. The number of hydrogen-bond acceptors (Lipinski definition) is 7. The standard InChI is InChI=1S/C16H20N4O4/c1-10(2)13-18-19-15(24-13)12-9-20(7-8-23-12)16(21)11-5-4-6-17-14(11)22-3/h4-6,10,12H,7-9H2,1-3H3/t12-/m0/s1. The molecule has 24 heavy (non-hydrogen) atoms. The SMILES string of the molecule is COc1ncccc1C(=O)N1CCO[C@H](c2nnc(C(C)C)o2)C1. The lowest BCUT2D eigenvalue weighted by Crippen LogP contribution is -2.42. The fourth-order valence-corrected chi connectivity index (χ4v) is 2.48. The highest BCUT2D eigenvalue weighted by Crippen LogP contribution is 2.25. The van der Waals surface area contributed by atoms with Crippen LogP contribution >= 0.6 is 0 Å². The van der Waals surface area contributed by atoms with Gasteiger partial charge in [0.25, 0.3) is 5.91 Å². The van der Waals surface area contributed by atoms with Gasteiger partial charge in [-0.15, -0.1) is 10.2 Å². The molecule has 1 fully saturated rings. The topological polar surface area (TPSA) is 90.6 Å². The second kappa shape index (κ2) is 6.96. The molecule has 0 unspecified atom stereocenters. The van der Waals surface area contributed by atoms with Gasteiger partial charge in [-0.05, 0) is 12.1 Å². The van der Waals surface area contributed by atoms with Gasteiger partial charge in [0.1, 0.15) is 5.56 Å². The number of rotatable bonds is 4.